The fourth-order valence-electron chi connectivity index (χ4n) is 1.37. The summed E-state index contributed by atoms with van der Waals surface area (Å²) in [4.78, 5) is 15.8. The number of amides is 1. The van der Waals surface area contributed by atoms with E-state index >= 15 is 0 Å². The number of hydrogen-bond acceptors (Lipinski definition) is 5. The largest absolute Gasteiger partial charge is 0.441 e. The van der Waals surface area contributed by atoms with Gasteiger partial charge in [0.1, 0.15) is 6.26 Å². The van der Waals surface area contributed by atoms with Gasteiger partial charge < -0.3 is 14.3 Å². The Morgan fingerprint density at radius 1 is 1.35 bits per heavy atom. The molecule has 0 bridgehead atoms. The van der Waals surface area contributed by atoms with Crippen LogP contribution in [0.4, 0.5) is 8.78 Å². The average molecular weight is 285 g/mol. The Bertz CT molecular complexity index is 600. The second kappa shape index (κ2) is 4.69. The lowest BCUT2D eigenvalue weighted by atomic mass is 9.97. The van der Waals surface area contributed by atoms with Gasteiger partial charge in [0.25, 0.3) is 11.8 Å². The number of carbonyl (C=O) groups excluding carboxylic acids is 1. The van der Waals surface area contributed by atoms with Gasteiger partial charge in [0.2, 0.25) is 0 Å². The van der Waals surface area contributed by atoms with E-state index in [9.17, 15) is 13.6 Å². The third kappa shape index (κ3) is 2.54. The van der Waals surface area contributed by atoms with E-state index in [1.165, 1.54) is 26.2 Å². The van der Waals surface area contributed by atoms with Crippen LogP contribution < -0.4 is 5.32 Å². The molecule has 1 N–H and O–H groups in total. The van der Waals surface area contributed by atoms with Crippen LogP contribution in [0, 0.1) is 0 Å². The van der Waals surface area contributed by atoms with Crippen LogP contribution in [0.2, 0.25) is 0 Å². The monoisotopic (exact) mass is 285 g/mol. The molecular formula is C12H13F2N3O3. The number of aromatic nitrogens is 2. The summed E-state index contributed by atoms with van der Waals surface area (Å²) in [6, 6.07) is 1.47. The van der Waals surface area contributed by atoms with E-state index in [1.807, 2.05) is 0 Å². The molecule has 6 nitrogen and oxygen atoms in total. The van der Waals surface area contributed by atoms with Gasteiger partial charge in [-0.25, -0.2) is 13.8 Å². The molecule has 0 aromatic carbocycles. The van der Waals surface area contributed by atoms with Gasteiger partial charge in [0.15, 0.2) is 23.5 Å². The molecule has 0 aliphatic heterocycles. The summed E-state index contributed by atoms with van der Waals surface area (Å²) in [6.07, 6.45) is 2.33. The van der Waals surface area contributed by atoms with Crippen molar-refractivity contribution < 1.29 is 22.5 Å². The topological polar surface area (TPSA) is 81.2 Å². The number of nitrogens with one attached hydrogen (secondary N) is 1. The van der Waals surface area contributed by atoms with Crippen LogP contribution in [0.25, 0.3) is 11.5 Å². The molecule has 8 heteroatoms. The van der Waals surface area contributed by atoms with Crippen molar-refractivity contribution in [1.29, 1.82) is 0 Å². The Hall–Kier alpha value is -2.25. The van der Waals surface area contributed by atoms with Gasteiger partial charge in [0.05, 0.1) is 5.54 Å². The zero-order valence-corrected chi connectivity index (χ0v) is 11.1. The van der Waals surface area contributed by atoms with Gasteiger partial charge in [-0.2, -0.15) is 0 Å². The van der Waals surface area contributed by atoms with Gasteiger partial charge in [-0.05, 0) is 13.8 Å². The highest BCUT2D eigenvalue weighted by atomic mass is 19.3. The predicted molar refractivity (Wildman–Crippen MR) is 64.2 cm³/mol. The van der Waals surface area contributed by atoms with Crippen molar-refractivity contribution in [3.8, 4) is 11.5 Å². The minimum absolute atomic E-state index is 0.0615. The smallest absolute Gasteiger partial charge is 0.274 e. The highest BCUT2D eigenvalue weighted by Crippen LogP contribution is 2.28. The van der Waals surface area contributed by atoms with Crippen molar-refractivity contribution in [2.45, 2.75) is 32.2 Å². The zero-order chi connectivity index (χ0) is 15.0. The van der Waals surface area contributed by atoms with Gasteiger partial charge >= 0.3 is 0 Å². The number of alkyl halides is 2. The highest BCUT2D eigenvalue weighted by molar-refractivity contribution is 5.97. The number of halogens is 2. The average Bonchev–Trinajstić information content (AvgIpc) is 2.97. The number of oxazole rings is 1. The van der Waals surface area contributed by atoms with Crippen LogP contribution in [-0.2, 0) is 0 Å². The summed E-state index contributed by atoms with van der Waals surface area (Å²) in [5.74, 6) is -3.81. The van der Waals surface area contributed by atoms with E-state index in [1.54, 1.807) is 0 Å². The van der Waals surface area contributed by atoms with E-state index in [0.717, 1.165) is 13.3 Å². The molecule has 2 aromatic rings. The first-order valence-corrected chi connectivity index (χ1v) is 5.77. The summed E-state index contributed by atoms with van der Waals surface area (Å²) in [6.45, 7) is 3.18. The van der Waals surface area contributed by atoms with Crippen molar-refractivity contribution in [3.63, 3.8) is 0 Å². The first kappa shape index (κ1) is 14.2. The summed E-state index contributed by atoms with van der Waals surface area (Å²) < 4.78 is 36.5. The Balaban J connectivity index is 2.26. The second-order valence-corrected chi connectivity index (χ2v) is 4.88. The summed E-state index contributed by atoms with van der Waals surface area (Å²) in [5.41, 5.74) is -1.60. The molecule has 0 radical (unpaired) electrons. The van der Waals surface area contributed by atoms with E-state index in [4.69, 9.17) is 4.42 Å². The van der Waals surface area contributed by atoms with Crippen LogP contribution in [-0.4, -0.2) is 27.5 Å². The normalized spacial score (nSPS) is 12.4. The lowest BCUT2D eigenvalue weighted by molar-refractivity contribution is -0.0547. The minimum atomic E-state index is -3.10. The van der Waals surface area contributed by atoms with Crippen LogP contribution in [0.15, 0.2) is 27.7 Å². The van der Waals surface area contributed by atoms with Gasteiger partial charge in [-0.3, -0.25) is 4.79 Å². The maximum absolute atomic E-state index is 13.4. The Morgan fingerprint density at radius 2 is 2.05 bits per heavy atom. The minimum Gasteiger partial charge on any atom is -0.441 e. The molecule has 2 rings (SSSR count). The number of carbonyl (C=O) groups is 1. The molecule has 0 unspecified atom stereocenters. The summed E-state index contributed by atoms with van der Waals surface area (Å²) in [5, 5.41) is 5.84. The third-order valence-corrected chi connectivity index (χ3v) is 2.98. The lowest BCUT2D eigenvalue weighted by Crippen LogP contribution is -2.55. The summed E-state index contributed by atoms with van der Waals surface area (Å²) in [7, 11) is 0. The molecule has 0 saturated carbocycles. The van der Waals surface area contributed by atoms with Crippen LogP contribution >= 0.6 is 0 Å². The van der Waals surface area contributed by atoms with Crippen molar-refractivity contribution in [2.24, 2.45) is 0 Å². The van der Waals surface area contributed by atoms with E-state index in [0.29, 0.717) is 0 Å². The fraction of sp³-hybridized carbons (Fsp3) is 0.417. The van der Waals surface area contributed by atoms with Crippen LogP contribution in [0.3, 0.4) is 0 Å². The molecule has 0 atom stereocenters. The maximum Gasteiger partial charge on any atom is 0.274 e. The van der Waals surface area contributed by atoms with E-state index in [-0.39, 0.29) is 17.1 Å². The van der Waals surface area contributed by atoms with Crippen LogP contribution in [0.1, 0.15) is 31.3 Å². The molecule has 0 spiro atoms. The Morgan fingerprint density at radius 3 is 2.60 bits per heavy atom. The lowest BCUT2D eigenvalue weighted by Gasteiger charge is -2.32. The molecule has 0 aliphatic rings. The molecule has 108 valence electrons. The number of nitrogens with zero attached hydrogens (tertiary/aromatic N) is 2. The van der Waals surface area contributed by atoms with Gasteiger partial charge in [-0.1, -0.05) is 5.16 Å². The summed E-state index contributed by atoms with van der Waals surface area (Å²) >= 11 is 0. The van der Waals surface area contributed by atoms with Crippen molar-refractivity contribution in [2.75, 3.05) is 0 Å². The predicted octanol–water partition coefficient (Wildman–Crippen LogP) is 2.49. The number of rotatable bonds is 4. The van der Waals surface area contributed by atoms with Crippen LogP contribution in [0.5, 0.6) is 0 Å². The van der Waals surface area contributed by atoms with E-state index < -0.39 is 17.4 Å². The molecular weight excluding hydrogens is 272 g/mol. The molecule has 0 saturated heterocycles. The van der Waals surface area contributed by atoms with Gasteiger partial charge in [0, 0.05) is 13.0 Å². The molecule has 2 aromatic heterocycles. The van der Waals surface area contributed by atoms with Gasteiger partial charge in [-0.15, -0.1) is 0 Å². The molecule has 20 heavy (non-hydrogen) atoms. The maximum atomic E-state index is 13.4. The zero-order valence-electron chi connectivity index (χ0n) is 11.1. The molecule has 0 aliphatic carbocycles. The SMILES string of the molecule is CC(F)(F)C(C)(C)NC(=O)c1ncoc1-c1ccon1. The Labute approximate surface area is 113 Å². The molecule has 1 amide bonds. The first-order chi connectivity index (χ1) is 9.22. The first-order valence-electron chi connectivity index (χ1n) is 5.77. The van der Waals surface area contributed by atoms with Crippen molar-refractivity contribution in [1.82, 2.24) is 15.5 Å². The highest BCUT2D eigenvalue weighted by Gasteiger charge is 2.43. The quantitative estimate of drug-likeness (QED) is 0.933. The fourth-order valence-corrected chi connectivity index (χ4v) is 1.37. The van der Waals surface area contributed by atoms with E-state index in [2.05, 4.69) is 20.0 Å². The molecule has 2 heterocycles. The van der Waals surface area contributed by atoms with Crippen molar-refractivity contribution in [3.05, 3.63) is 24.4 Å². The van der Waals surface area contributed by atoms with Crippen molar-refractivity contribution >= 4 is 5.91 Å². The number of hydrogen-bond donors (Lipinski definition) is 1. The molecule has 0 fully saturated rings. The Kier molecular flexibility index (Phi) is 3.33. The second-order valence-electron chi connectivity index (χ2n) is 4.88. The third-order valence-electron chi connectivity index (χ3n) is 2.98. The standard InChI is InChI=1S/C12H13F2N3O3/c1-11(2,12(3,13)14)16-10(18)8-9(19-6-15-8)7-4-5-20-17-7/h4-6H,1-3H3,(H,16,18).